The second-order valence-electron chi connectivity index (χ2n) is 2.59. The molecule has 0 fully saturated rings. The van der Waals surface area contributed by atoms with Crippen LogP contribution >= 0.6 is 0 Å². The molecule has 0 radical (unpaired) electrons. The Morgan fingerprint density at radius 3 is 2.71 bits per heavy atom. The molecular formula is C8H6N4O2. The minimum atomic E-state index is -0.321. The van der Waals surface area contributed by atoms with Crippen molar-refractivity contribution < 1.29 is 0 Å². The number of rotatable bonds is 1. The molecular weight excluding hydrogens is 184 g/mol. The van der Waals surface area contributed by atoms with Crippen molar-refractivity contribution in [3.63, 3.8) is 0 Å². The van der Waals surface area contributed by atoms with Crippen LogP contribution in [-0.4, -0.2) is 19.9 Å². The molecule has 0 aliphatic rings. The highest BCUT2D eigenvalue weighted by atomic mass is 16.1. The molecule has 2 aromatic heterocycles. The summed E-state index contributed by atoms with van der Waals surface area (Å²) in [4.78, 5) is 34.6. The van der Waals surface area contributed by atoms with E-state index in [1.165, 1.54) is 24.9 Å². The van der Waals surface area contributed by atoms with Crippen molar-refractivity contribution >= 4 is 0 Å². The summed E-state index contributed by atoms with van der Waals surface area (Å²) in [7, 11) is 0. The van der Waals surface area contributed by atoms with Gasteiger partial charge in [-0.2, -0.15) is 0 Å². The molecule has 0 aromatic carbocycles. The van der Waals surface area contributed by atoms with Gasteiger partial charge in [-0.25, -0.2) is 9.97 Å². The van der Waals surface area contributed by atoms with Gasteiger partial charge in [-0.05, 0) is 0 Å². The number of hydrogen-bond donors (Lipinski definition) is 2. The zero-order chi connectivity index (χ0) is 9.97. The fraction of sp³-hybridized carbons (Fsp3) is 0. The van der Waals surface area contributed by atoms with Crippen LogP contribution in [0.5, 0.6) is 0 Å². The summed E-state index contributed by atoms with van der Waals surface area (Å²) in [6.45, 7) is 0. The Hall–Kier alpha value is -2.24. The lowest BCUT2D eigenvalue weighted by molar-refractivity contribution is 1.08. The first-order valence-electron chi connectivity index (χ1n) is 3.85. The molecule has 0 saturated heterocycles. The van der Waals surface area contributed by atoms with Crippen molar-refractivity contribution in [2.75, 3.05) is 0 Å². The van der Waals surface area contributed by atoms with Gasteiger partial charge >= 0.3 is 0 Å². The van der Waals surface area contributed by atoms with E-state index < -0.39 is 0 Å². The average molecular weight is 190 g/mol. The van der Waals surface area contributed by atoms with Crippen LogP contribution in [-0.2, 0) is 0 Å². The quantitative estimate of drug-likeness (QED) is 0.635. The SMILES string of the molecule is O=c1cc(-c2cnc[nH]c2=O)nc[nH]1. The van der Waals surface area contributed by atoms with Crippen LogP contribution in [0.4, 0.5) is 0 Å². The molecule has 0 unspecified atom stereocenters. The molecule has 14 heavy (non-hydrogen) atoms. The number of H-pyrrole nitrogens is 2. The van der Waals surface area contributed by atoms with Gasteiger partial charge in [0.15, 0.2) is 0 Å². The topological polar surface area (TPSA) is 91.5 Å². The standard InChI is InChI=1S/C8H6N4O2/c13-7-1-6(10-4-11-7)5-2-9-3-12-8(5)14/h1-4H,(H,9,12,14)(H,10,11,13). The third-order valence-corrected chi connectivity index (χ3v) is 1.67. The van der Waals surface area contributed by atoms with Crippen molar-refractivity contribution in [3.05, 3.63) is 45.6 Å². The van der Waals surface area contributed by atoms with Crippen LogP contribution in [0.25, 0.3) is 11.3 Å². The van der Waals surface area contributed by atoms with Crippen LogP contribution in [0.1, 0.15) is 0 Å². The first-order valence-corrected chi connectivity index (χ1v) is 3.85. The van der Waals surface area contributed by atoms with Crippen LogP contribution < -0.4 is 11.1 Å². The molecule has 0 saturated carbocycles. The van der Waals surface area contributed by atoms with Crippen LogP contribution in [0, 0.1) is 0 Å². The summed E-state index contributed by atoms with van der Waals surface area (Å²) in [5.41, 5.74) is -0.0435. The second-order valence-corrected chi connectivity index (χ2v) is 2.59. The summed E-state index contributed by atoms with van der Waals surface area (Å²) in [5.74, 6) is 0. The first kappa shape index (κ1) is 8.36. The van der Waals surface area contributed by atoms with Gasteiger partial charge < -0.3 is 9.97 Å². The lowest BCUT2D eigenvalue weighted by Gasteiger charge is -1.95. The van der Waals surface area contributed by atoms with Gasteiger partial charge in [-0.1, -0.05) is 0 Å². The van der Waals surface area contributed by atoms with E-state index in [1.807, 2.05) is 0 Å². The molecule has 0 bridgehead atoms. The minimum absolute atomic E-state index is 0.276. The molecule has 6 heteroatoms. The van der Waals surface area contributed by atoms with E-state index in [9.17, 15) is 9.59 Å². The smallest absolute Gasteiger partial charge is 0.260 e. The maximum atomic E-state index is 11.3. The van der Waals surface area contributed by atoms with Crippen molar-refractivity contribution in [2.24, 2.45) is 0 Å². The maximum absolute atomic E-state index is 11.3. The number of hydrogen-bond acceptors (Lipinski definition) is 4. The normalized spacial score (nSPS) is 10.0. The Labute approximate surface area is 77.7 Å². The number of nitrogens with zero attached hydrogens (tertiary/aromatic N) is 2. The van der Waals surface area contributed by atoms with E-state index >= 15 is 0 Å². The zero-order valence-corrected chi connectivity index (χ0v) is 7.02. The van der Waals surface area contributed by atoms with Crippen molar-refractivity contribution in [1.29, 1.82) is 0 Å². The molecule has 0 aliphatic heterocycles. The molecule has 0 aliphatic carbocycles. The maximum Gasteiger partial charge on any atom is 0.260 e. The Morgan fingerprint density at radius 2 is 2.00 bits per heavy atom. The Morgan fingerprint density at radius 1 is 1.14 bits per heavy atom. The van der Waals surface area contributed by atoms with Gasteiger partial charge in [0.05, 0.1) is 23.9 Å². The van der Waals surface area contributed by atoms with Gasteiger partial charge in [0.1, 0.15) is 0 Å². The zero-order valence-electron chi connectivity index (χ0n) is 7.02. The van der Waals surface area contributed by atoms with Crippen molar-refractivity contribution in [3.8, 4) is 11.3 Å². The molecule has 6 nitrogen and oxygen atoms in total. The molecule has 2 rings (SSSR count). The van der Waals surface area contributed by atoms with Crippen molar-refractivity contribution in [1.82, 2.24) is 19.9 Å². The van der Waals surface area contributed by atoms with E-state index in [1.54, 1.807) is 0 Å². The van der Waals surface area contributed by atoms with Crippen LogP contribution in [0.2, 0.25) is 0 Å². The first-order chi connectivity index (χ1) is 6.77. The highest BCUT2D eigenvalue weighted by Crippen LogP contribution is 2.05. The highest BCUT2D eigenvalue weighted by Gasteiger charge is 2.03. The predicted octanol–water partition coefficient (Wildman–Crippen LogP) is -0.480. The van der Waals surface area contributed by atoms with E-state index in [-0.39, 0.29) is 16.7 Å². The summed E-state index contributed by atoms with van der Waals surface area (Å²) >= 11 is 0. The van der Waals surface area contributed by atoms with Gasteiger partial charge in [-0.3, -0.25) is 9.59 Å². The highest BCUT2D eigenvalue weighted by molar-refractivity contribution is 5.55. The third-order valence-electron chi connectivity index (χ3n) is 1.67. The lowest BCUT2D eigenvalue weighted by Crippen LogP contribution is -2.12. The fourth-order valence-electron chi connectivity index (χ4n) is 1.04. The third kappa shape index (κ3) is 1.45. The molecule has 0 amide bonds. The second kappa shape index (κ2) is 3.25. The largest absolute Gasteiger partial charge is 0.313 e. The number of aromatic nitrogens is 4. The minimum Gasteiger partial charge on any atom is -0.313 e. The van der Waals surface area contributed by atoms with E-state index in [4.69, 9.17) is 0 Å². The number of aromatic amines is 2. The molecule has 0 spiro atoms. The van der Waals surface area contributed by atoms with Crippen molar-refractivity contribution in [2.45, 2.75) is 0 Å². The molecule has 2 heterocycles. The van der Waals surface area contributed by atoms with E-state index in [0.29, 0.717) is 5.69 Å². The molecule has 2 aromatic rings. The summed E-state index contributed by atoms with van der Waals surface area (Å²) in [6.07, 6.45) is 3.88. The van der Waals surface area contributed by atoms with Gasteiger partial charge in [0, 0.05) is 12.3 Å². The van der Waals surface area contributed by atoms with Crippen LogP contribution in [0.3, 0.4) is 0 Å². The van der Waals surface area contributed by atoms with E-state index in [2.05, 4.69) is 19.9 Å². The summed E-state index contributed by atoms with van der Waals surface area (Å²) < 4.78 is 0. The van der Waals surface area contributed by atoms with Gasteiger partial charge in [0.2, 0.25) is 0 Å². The summed E-state index contributed by atoms with van der Waals surface area (Å²) in [5, 5.41) is 0. The Kier molecular flexibility index (Phi) is 1.94. The Bertz CT molecular complexity index is 557. The van der Waals surface area contributed by atoms with Crippen LogP contribution in [0.15, 0.2) is 34.5 Å². The molecule has 2 N–H and O–H groups in total. The van der Waals surface area contributed by atoms with Gasteiger partial charge in [-0.15, -0.1) is 0 Å². The predicted molar refractivity (Wildman–Crippen MR) is 48.7 cm³/mol. The summed E-state index contributed by atoms with van der Waals surface area (Å²) in [6, 6.07) is 1.24. The molecule has 70 valence electrons. The fourth-order valence-corrected chi connectivity index (χ4v) is 1.04. The lowest BCUT2D eigenvalue weighted by atomic mass is 10.2. The molecule has 0 atom stereocenters. The van der Waals surface area contributed by atoms with E-state index in [0.717, 1.165) is 0 Å². The number of nitrogens with one attached hydrogen (secondary N) is 2. The average Bonchev–Trinajstić information content (AvgIpc) is 2.18. The monoisotopic (exact) mass is 190 g/mol. The van der Waals surface area contributed by atoms with Gasteiger partial charge in [0.25, 0.3) is 11.1 Å². The Balaban J connectivity index is 2.67.